The van der Waals surface area contributed by atoms with Gasteiger partial charge in [-0.25, -0.2) is 8.42 Å². The number of sulfonamides is 1. The molecule has 3 rings (SSSR count). The van der Waals surface area contributed by atoms with Crippen molar-refractivity contribution >= 4 is 40.0 Å². The molecule has 1 aromatic carbocycles. The summed E-state index contributed by atoms with van der Waals surface area (Å²) in [6.45, 7) is 1.13. The van der Waals surface area contributed by atoms with Gasteiger partial charge in [-0.1, -0.05) is 30.3 Å². The van der Waals surface area contributed by atoms with E-state index in [2.05, 4.69) is 27.8 Å². The molecule has 0 radical (unpaired) electrons. The van der Waals surface area contributed by atoms with Crippen molar-refractivity contribution in [1.29, 1.82) is 0 Å². The maximum atomic E-state index is 12.7. The number of rotatable bonds is 7. The van der Waals surface area contributed by atoms with Gasteiger partial charge in [-0.2, -0.15) is 17.5 Å². The van der Waals surface area contributed by atoms with Crippen LogP contribution in [0.5, 0.6) is 0 Å². The van der Waals surface area contributed by atoms with Gasteiger partial charge in [0.2, 0.25) is 0 Å². The van der Waals surface area contributed by atoms with E-state index >= 15 is 0 Å². The van der Waals surface area contributed by atoms with Crippen LogP contribution in [0.15, 0.2) is 35.3 Å². The van der Waals surface area contributed by atoms with E-state index in [9.17, 15) is 21.6 Å². The maximum absolute atomic E-state index is 12.7. The molecular weight excluding hydrogens is 544 g/mol. The second-order valence-corrected chi connectivity index (χ2v) is 10.2. The summed E-state index contributed by atoms with van der Waals surface area (Å²) in [5.41, 5.74) is -3.67. The quantitative estimate of drug-likeness (QED) is 0.298. The second-order valence-electron chi connectivity index (χ2n) is 8.26. The zero-order valence-electron chi connectivity index (χ0n) is 17.5. The van der Waals surface area contributed by atoms with E-state index < -0.39 is 15.5 Å². The molecule has 31 heavy (non-hydrogen) atoms. The summed E-state index contributed by atoms with van der Waals surface area (Å²) in [5, 5.41) is 6.60. The van der Waals surface area contributed by atoms with Crippen LogP contribution < -0.4 is 10.6 Å². The fraction of sp³-hybridized carbons (Fsp3) is 0.650. The molecule has 0 unspecified atom stereocenters. The van der Waals surface area contributed by atoms with Crippen LogP contribution in [-0.4, -0.2) is 57.4 Å². The van der Waals surface area contributed by atoms with Crippen LogP contribution in [0.3, 0.4) is 0 Å². The molecule has 1 saturated carbocycles. The number of nitrogens with one attached hydrogen (secondary N) is 2. The number of hydrogen-bond donors (Lipinski definition) is 2. The van der Waals surface area contributed by atoms with Crippen molar-refractivity contribution in [2.75, 3.05) is 33.2 Å². The number of aliphatic imine (C=N–C) groups is 1. The SMILES string of the molecule is CN=C(NCC1CCN(S(=O)(=O)C(F)(F)F)CC1)NCC1(Cc2ccccc2)CC1.I. The molecule has 176 valence electrons. The van der Waals surface area contributed by atoms with Crippen LogP contribution in [-0.2, 0) is 16.4 Å². The van der Waals surface area contributed by atoms with Crippen molar-refractivity contribution in [3.05, 3.63) is 35.9 Å². The van der Waals surface area contributed by atoms with Gasteiger partial charge in [0.15, 0.2) is 5.96 Å². The summed E-state index contributed by atoms with van der Waals surface area (Å²) >= 11 is 0. The highest BCUT2D eigenvalue weighted by atomic mass is 127. The molecular formula is C20H30F3IN4O2S. The van der Waals surface area contributed by atoms with Crippen LogP contribution in [0.2, 0.25) is 0 Å². The van der Waals surface area contributed by atoms with Gasteiger partial charge < -0.3 is 10.6 Å². The molecule has 0 atom stereocenters. The minimum Gasteiger partial charge on any atom is -0.356 e. The summed E-state index contributed by atoms with van der Waals surface area (Å²) in [5.74, 6) is 0.766. The third-order valence-corrected chi connectivity index (χ3v) is 7.63. The fourth-order valence-electron chi connectivity index (χ4n) is 3.85. The van der Waals surface area contributed by atoms with E-state index in [4.69, 9.17) is 0 Å². The van der Waals surface area contributed by atoms with Gasteiger partial charge in [-0.15, -0.1) is 24.0 Å². The molecule has 0 bridgehead atoms. The largest absolute Gasteiger partial charge is 0.511 e. The predicted molar refractivity (Wildman–Crippen MR) is 126 cm³/mol. The van der Waals surface area contributed by atoms with Gasteiger partial charge in [-0.3, -0.25) is 4.99 Å². The molecule has 0 amide bonds. The summed E-state index contributed by atoms with van der Waals surface area (Å²) < 4.78 is 61.6. The van der Waals surface area contributed by atoms with E-state index in [1.165, 1.54) is 5.56 Å². The predicted octanol–water partition coefficient (Wildman–Crippen LogP) is 3.35. The molecule has 1 aliphatic carbocycles. The number of halogens is 4. The number of piperidine rings is 1. The molecule has 6 nitrogen and oxygen atoms in total. The second kappa shape index (κ2) is 10.7. The molecule has 2 N–H and O–H groups in total. The van der Waals surface area contributed by atoms with Crippen molar-refractivity contribution in [3.63, 3.8) is 0 Å². The zero-order valence-corrected chi connectivity index (χ0v) is 20.6. The topological polar surface area (TPSA) is 73.8 Å². The van der Waals surface area contributed by atoms with Gasteiger partial charge in [-0.05, 0) is 49.0 Å². The average Bonchev–Trinajstić information content (AvgIpc) is 3.48. The Morgan fingerprint density at radius 2 is 1.77 bits per heavy atom. The Morgan fingerprint density at radius 1 is 1.16 bits per heavy atom. The van der Waals surface area contributed by atoms with Crippen LogP contribution in [0.25, 0.3) is 0 Å². The molecule has 1 aromatic rings. The number of guanidine groups is 1. The van der Waals surface area contributed by atoms with Crippen LogP contribution in [0, 0.1) is 11.3 Å². The minimum absolute atomic E-state index is 0. The molecule has 0 spiro atoms. The lowest BCUT2D eigenvalue weighted by atomic mass is 9.96. The molecule has 2 fully saturated rings. The Hall–Kier alpha value is -1.08. The Kier molecular flexibility index (Phi) is 9.03. The zero-order chi connectivity index (χ0) is 21.8. The monoisotopic (exact) mass is 574 g/mol. The number of nitrogens with zero attached hydrogens (tertiary/aromatic N) is 2. The number of hydrogen-bond acceptors (Lipinski definition) is 3. The van der Waals surface area contributed by atoms with Crippen molar-refractivity contribution in [3.8, 4) is 0 Å². The summed E-state index contributed by atoms with van der Waals surface area (Å²) in [6.07, 6.45) is 4.12. The summed E-state index contributed by atoms with van der Waals surface area (Å²) in [6, 6.07) is 10.4. The van der Waals surface area contributed by atoms with Crippen molar-refractivity contribution in [1.82, 2.24) is 14.9 Å². The highest BCUT2D eigenvalue weighted by Crippen LogP contribution is 2.47. The molecule has 1 saturated heterocycles. The third-order valence-electron chi connectivity index (χ3n) is 6.00. The first kappa shape index (κ1) is 26.2. The first-order valence-electron chi connectivity index (χ1n) is 10.2. The van der Waals surface area contributed by atoms with E-state index in [1.54, 1.807) is 7.05 Å². The summed E-state index contributed by atoms with van der Waals surface area (Å²) in [4.78, 5) is 4.24. The van der Waals surface area contributed by atoms with Crippen molar-refractivity contribution < 1.29 is 21.6 Å². The Bertz CT molecular complexity index is 838. The third kappa shape index (κ3) is 6.95. The molecule has 2 aliphatic rings. The minimum atomic E-state index is -5.23. The molecule has 0 aromatic heterocycles. The van der Waals surface area contributed by atoms with E-state index in [0.717, 1.165) is 25.8 Å². The van der Waals surface area contributed by atoms with Crippen molar-refractivity contribution in [2.45, 2.75) is 37.6 Å². The lowest BCUT2D eigenvalue weighted by Gasteiger charge is -2.31. The van der Waals surface area contributed by atoms with E-state index in [-0.39, 0.29) is 48.4 Å². The lowest BCUT2D eigenvalue weighted by Crippen LogP contribution is -2.47. The standard InChI is InChI=1S/C20H29F3N4O2S.HI/c1-24-18(26-15-19(9-10-19)13-16-5-3-2-4-6-16)25-14-17-7-11-27(12-8-17)30(28,29)20(21,22)23;/h2-6,17H,7-15H2,1H3,(H2,24,25,26);1H. The highest BCUT2D eigenvalue weighted by Gasteiger charge is 2.50. The van der Waals surface area contributed by atoms with Gasteiger partial charge in [0.25, 0.3) is 0 Å². The van der Waals surface area contributed by atoms with Gasteiger partial charge in [0.1, 0.15) is 0 Å². The maximum Gasteiger partial charge on any atom is 0.511 e. The van der Waals surface area contributed by atoms with E-state index in [1.807, 2.05) is 18.2 Å². The van der Waals surface area contributed by atoms with Crippen LogP contribution in [0.4, 0.5) is 13.2 Å². The lowest BCUT2D eigenvalue weighted by molar-refractivity contribution is -0.0496. The average molecular weight is 574 g/mol. The highest BCUT2D eigenvalue weighted by molar-refractivity contribution is 14.0. The fourth-order valence-corrected chi connectivity index (χ4v) is 4.84. The normalized spacial score (nSPS) is 20.1. The molecule has 1 heterocycles. The number of alkyl halides is 3. The smallest absolute Gasteiger partial charge is 0.356 e. The van der Waals surface area contributed by atoms with Crippen LogP contribution in [0.1, 0.15) is 31.2 Å². The number of benzene rings is 1. The van der Waals surface area contributed by atoms with Crippen LogP contribution >= 0.6 is 24.0 Å². The van der Waals surface area contributed by atoms with Gasteiger partial charge >= 0.3 is 15.5 Å². The first-order chi connectivity index (χ1) is 14.2. The van der Waals surface area contributed by atoms with E-state index in [0.29, 0.717) is 29.7 Å². The Labute approximate surface area is 199 Å². The molecule has 1 aliphatic heterocycles. The summed E-state index contributed by atoms with van der Waals surface area (Å²) in [7, 11) is -3.54. The van der Waals surface area contributed by atoms with Gasteiger partial charge in [0.05, 0.1) is 0 Å². The Balaban J connectivity index is 0.00000341. The first-order valence-corrected chi connectivity index (χ1v) is 11.6. The Morgan fingerprint density at radius 3 is 2.29 bits per heavy atom. The van der Waals surface area contributed by atoms with Crippen molar-refractivity contribution in [2.24, 2.45) is 16.3 Å². The van der Waals surface area contributed by atoms with Gasteiger partial charge in [0, 0.05) is 33.2 Å². The molecule has 11 heteroatoms.